The van der Waals surface area contributed by atoms with Gasteiger partial charge in [0.15, 0.2) is 0 Å². The molecule has 0 atom stereocenters. The lowest BCUT2D eigenvalue weighted by Gasteiger charge is -2.36. The molecule has 1 N–H and O–H groups in total. The summed E-state index contributed by atoms with van der Waals surface area (Å²) < 4.78 is 5.54. The minimum atomic E-state index is 0.798. The van der Waals surface area contributed by atoms with E-state index < -0.39 is 0 Å². The van der Waals surface area contributed by atoms with Crippen molar-refractivity contribution in [2.75, 3.05) is 38.1 Å². The number of nitrogens with one attached hydrogen (secondary N) is 1. The number of rotatable bonds is 5. The van der Waals surface area contributed by atoms with E-state index in [2.05, 4.69) is 51.5 Å². The molecule has 1 fully saturated rings. The third-order valence-electron chi connectivity index (χ3n) is 4.06. The number of para-hydroxylation sites is 1. The van der Waals surface area contributed by atoms with Crippen molar-refractivity contribution in [2.45, 2.75) is 13.1 Å². The second-order valence-electron chi connectivity index (χ2n) is 5.50. The van der Waals surface area contributed by atoms with Crippen LogP contribution < -0.4 is 10.2 Å². The predicted molar refractivity (Wildman–Crippen MR) is 85.4 cm³/mol. The van der Waals surface area contributed by atoms with E-state index in [4.69, 9.17) is 4.42 Å². The van der Waals surface area contributed by atoms with Gasteiger partial charge in [0.25, 0.3) is 0 Å². The third kappa shape index (κ3) is 3.46. The minimum Gasteiger partial charge on any atom is -0.468 e. The fourth-order valence-electron chi connectivity index (χ4n) is 2.87. The summed E-state index contributed by atoms with van der Waals surface area (Å²) in [5, 5.41) is 3.16. The van der Waals surface area contributed by atoms with Crippen molar-refractivity contribution in [1.82, 2.24) is 10.2 Å². The zero-order valence-electron chi connectivity index (χ0n) is 12.6. The molecule has 0 aliphatic carbocycles. The number of benzene rings is 1. The van der Waals surface area contributed by atoms with Crippen LogP contribution in [0, 0.1) is 0 Å². The minimum absolute atomic E-state index is 0.798. The van der Waals surface area contributed by atoms with Crippen molar-refractivity contribution >= 4 is 5.69 Å². The molecule has 4 heteroatoms. The Morgan fingerprint density at radius 3 is 2.52 bits per heavy atom. The quantitative estimate of drug-likeness (QED) is 0.913. The molecule has 1 aromatic carbocycles. The first kappa shape index (κ1) is 14.2. The molecular weight excluding hydrogens is 262 g/mol. The van der Waals surface area contributed by atoms with Crippen molar-refractivity contribution in [1.29, 1.82) is 0 Å². The molecule has 21 heavy (non-hydrogen) atoms. The second-order valence-corrected chi connectivity index (χ2v) is 5.50. The van der Waals surface area contributed by atoms with Crippen LogP contribution in [0.25, 0.3) is 0 Å². The summed E-state index contributed by atoms with van der Waals surface area (Å²) in [6, 6.07) is 12.8. The van der Waals surface area contributed by atoms with Crippen LogP contribution in [0.15, 0.2) is 47.1 Å². The highest BCUT2D eigenvalue weighted by Crippen LogP contribution is 2.18. The fourth-order valence-corrected chi connectivity index (χ4v) is 2.87. The van der Waals surface area contributed by atoms with Crippen LogP contribution in [0.5, 0.6) is 0 Å². The predicted octanol–water partition coefficient (Wildman–Crippen LogP) is 2.32. The summed E-state index contributed by atoms with van der Waals surface area (Å²) >= 11 is 0. The second kappa shape index (κ2) is 6.78. The van der Waals surface area contributed by atoms with Gasteiger partial charge in [-0.3, -0.25) is 4.90 Å². The summed E-state index contributed by atoms with van der Waals surface area (Å²) in [5.41, 5.74) is 2.63. The van der Waals surface area contributed by atoms with E-state index in [1.165, 1.54) is 11.3 Å². The van der Waals surface area contributed by atoms with Crippen molar-refractivity contribution in [2.24, 2.45) is 0 Å². The average Bonchev–Trinajstić information content (AvgIpc) is 2.96. The highest BCUT2D eigenvalue weighted by atomic mass is 16.3. The monoisotopic (exact) mass is 285 g/mol. The zero-order chi connectivity index (χ0) is 14.5. The maximum absolute atomic E-state index is 5.54. The summed E-state index contributed by atoms with van der Waals surface area (Å²) in [7, 11) is 1.95. The Morgan fingerprint density at radius 1 is 1.05 bits per heavy atom. The molecule has 1 aromatic heterocycles. The van der Waals surface area contributed by atoms with Gasteiger partial charge in [0.2, 0.25) is 0 Å². The lowest BCUT2D eigenvalue weighted by Crippen LogP contribution is -2.46. The Labute approximate surface area is 126 Å². The number of anilines is 1. The van der Waals surface area contributed by atoms with Gasteiger partial charge in [0.1, 0.15) is 5.76 Å². The first-order valence-corrected chi connectivity index (χ1v) is 7.59. The normalized spacial score (nSPS) is 16.3. The molecule has 1 saturated heterocycles. The van der Waals surface area contributed by atoms with Crippen LogP contribution in [0.1, 0.15) is 11.3 Å². The van der Waals surface area contributed by atoms with E-state index in [0.717, 1.165) is 45.0 Å². The van der Waals surface area contributed by atoms with E-state index >= 15 is 0 Å². The van der Waals surface area contributed by atoms with Gasteiger partial charge in [0, 0.05) is 44.0 Å². The first-order valence-electron chi connectivity index (χ1n) is 7.59. The largest absolute Gasteiger partial charge is 0.468 e. The summed E-state index contributed by atoms with van der Waals surface area (Å²) in [4.78, 5) is 4.96. The molecule has 2 aromatic rings. The fraction of sp³-hybridized carbons (Fsp3) is 0.412. The molecule has 4 nitrogen and oxygen atoms in total. The van der Waals surface area contributed by atoms with Crippen LogP contribution in [-0.2, 0) is 13.1 Å². The van der Waals surface area contributed by atoms with Crippen LogP contribution in [0.4, 0.5) is 5.69 Å². The lowest BCUT2D eigenvalue weighted by atomic mass is 10.2. The first-order chi connectivity index (χ1) is 10.4. The van der Waals surface area contributed by atoms with E-state index in [0.29, 0.717) is 0 Å². The van der Waals surface area contributed by atoms with E-state index in [9.17, 15) is 0 Å². The Kier molecular flexibility index (Phi) is 4.58. The van der Waals surface area contributed by atoms with Crippen LogP contribution in [-0.4, -0.2) is 38.1 Å². The standard InChI is InChI=1S/C17H23N3O/c1-18-13-17-15(7-12-21-17)14-19-8-10-20(11-9-19)16-5-3-2-4-6-16/h2-7,12,18H,8-11,13-14H2,1H3. The summed E-state index contributed by atoms with van der Waals surface area (Å²) in [5.74, 6) is 1.06. The molecule has 1 aliphatic heterocycles. The third-order valence-corrected chi connectivity index (χ3v) is 4.06. The average molecular weight is 285 g/mol. The number of nitrogens with zero attached hydrogens (tertiary/aromatic N) is 2. The Morgan fingerprint density at radius 2 is 1.81 bits per heavy atom. The van der Waals surface area contributed by atoms with Crippen LogP contribution >= 0.6 is 0 Å². The Balaban J connectivity index is 1.55. The molecule has 0 bridgehead atoms. The molecule has 1 aliphatic rings. The van der Waals surface area contributed by atoms with Gasteiger partial charge in [-0.05, 0) is 25.2 Å². The zero-order valence-corrected chi connectivity index (χ0v) is 12.6. The van der Waals surface area contributed by atoms with Crippen molar-refractivity contribution in [3.05, 3.63) is 54.0 Å². The van der Waals surface area contributed by atoms with Gasteiger partial charge in [-0.2, -0.15) is 0 Å². The maximum atomic E-state index is 5.54. The van der Waals surface area contributed by atoms with Crippen LogP contribution in [0.3, 0.4) is 0 Å². The van der Waals surface area contributed by atoms with Crippen LogP contribution in [0.2, 0.25) is 0 Å². The van der Waals surface area contributed by atoms with Gasteiger partial charge >= 0.3 is 0 Å². The molecule has 3 rings (SSSR count). The molecule has 0 saturated carbocycles. The van der Waals surface area contributed by atoms with Gasteiger partial charge < -0.3 is 14.6 Å². The number of furan rings is 1. The van der Waals surface area contributed by atoms with Gasteiger partial charge in [-0.25, -0.2) is 0 Å². The van der Waals surface area contributed by atoms with Crippen molar-refractivity contribution in [3.8, 4) is 0 Å². The van der Waals surface area contributed by atoms with Gasteiger partial charge in [-0.1, -0.05) is 18.2 Å². The SMILES string of the molecule is CNCc1occc1CN1CCN(c2ccccc2)CC1. The molecule has 0 amide bonds. The van der Waals surface area contributed by atoms with E-state index in [1.54, 1.807) is 6.26 Å². The molecule has 2 heterocycles. The smallest absolute Gasteiger partial charge is 0.122 e. The topological polar surface area (TPSA) is 31.7 Å². The van der Waals surface area contributed by atoms with Crippen molar-refractivity contribution < 1.29 is 4.42 Å². The highest BCUT2D eigenvalue weighted by Gasteiger charge is 2.18. The number of hydrogen-bond acceptors (Lipinski definition) is 4. The molecular formula is C17H23N3O. The Bertz CT molecular complexity index is 544. The Hall–Kier alpha value is -1.78. The summed E-state index contributed by atoms with van der Waals surface area (Å²) in [6.45, 7) is 6.15. The van der Waals surface area contributed by atoms with Gasteiger partial charge in [0.05, 0.1) is 12.8 Å². The molecule has 0 unspecified atom stereocenters. The molecule has 0 spiro atoms. The van der Waals surface area contributed by atoms with Crippen molar-refractivity contribution in [3.63, 3.8) is 0 Å². The number of piperazine rings is 1. The lowest BCUT2D eigenvalue weighted by molar-refractivity contribution is 0.248. The van der Waals surface area contributed by atoms with E-state index in [-0.39, 0.29) is 0 Å². The molecule has 0 radical (unpaired) electrons. The van der Waals surface area contributed by atoms with E-state index in [1.807, 2.05) is 7.05 Å². The highest BCUT2D eigenvalue weighted by molar-refractivity contribution is 5.46. The molecule has 112 valence electrons. The summed E-state index contributed by atoms with van der Waals surface area (Å²) in [6.07, 6.45) is 1.79. The van der Waals surface area contributed by atoms with Gasteiger partial charge in [-0.15, -0.1) is 0 Å². The maximum Gasteiger partial charge on any atom is 0.122 e. The number of hydrogen-bond donors (Lipinski definition) is 1.